The molecule has 0 aliphatic heterocycles. The van der Waals surface area contributed by atoms with Gasteiger partial charge in [-0.1, -0.05) is 117 Å². The minimum atomic E-state index is 0.517. The van der Waals surface area contributed by atoms with E-state index in [9.17, 15) is 0 Å². The summed E-state index contributed by atoms with van der Waals surface area (Å²) in [7, 11) is 0. The summed E-state index contributed by atoms with van der Waals surface area (Å²) in [5.41, 5.74) is 10.6. The van der Waals surface area contributed by atoms with Gasteiger partial charge in [-0.05, 0) is 47.5 Å². The van der Waals surface area contributed by atoms with Crippen LogP contribution in [-0.2, 0) is 0 Å². The third-order valence-electron chi connectivity index (χ3n) is 7.93. The van der Waals surface area contributed by atoms with E-state index in [1.807, 2.05) is 66.8 Å². The monoisotopic (exact) mass is 567 g/mol. The van der Waals surface area contributed by atoms with Gasteiger partial charge in [-0.15, -0.1) is 0 Å². The van der Waals surface area contributed by atoms with E-state index in [4.69, 9.17) is 14.4 Å². The Hall–Kier alpha value is -6.00. The molecule has 7 aromatic rings. The summed E-state index contributed by atoms with van der Waals surface area (Å²) in [5.74, 6) is 0. The van der Waals surface area contributed by atoms with Crippen LogP contribution in [-0.4, -0.2) is 14.5 Å². The quantitative estimate of drug-likeness (QED) is 0.193. The first kappa shape index (κ1) is 26.9. The lowest BCUT2D eigenvalue weighted by molar-refractivity contribution is 0.654. The number of benzene rings is 4. The van der Waals surface area contributed by atoms with Crippen LogP contribution in [0.2, 0.25) is 0 Å². The second-order valence-electron chi connectivity index (χ2n) is 10.5. The number of hydrogen-bond acceptors (Lipinski definition) is 3. The zero-order valence-corrected chi connectivity index (χ0v) is 24.2. The molecule has 0 fully saturated rings. The molecule has 0 aliphatic carbocycles. The SMILES string of the molecule is C=C/C=c1\c(=C)c(C=C)c(C=C)n1-c1ccc(-c2ccc3c(c2)oc2nc(-c4ccccc4)c(-c4ccccc4)nc23)cc1. The molecule has 4 nitrogen and oxygen atoms in total. The minimum absolute atomic E-state index is 0.517. The van der Waals surface area contributed by atoms with Crippen LogP contribution in [0.5, 0.6) is 0 Å². The number of furan rings is 1. The molecule has 0 radical (unpaired) electrons. The van der Waals surface area contributed by atoms with Gasteiger partial charge in [0.15, 0.2) is 0 Å². The Kier molecular flexibility index (Phi) is 6.72. The molecule has 3 aromatic heterocycles. The van der Waals surface area contributed by atoms with Gasteiger partial charge in [-0.3, -0.25) is 0 Å². The van der Waals surface area contributed by atoms with Crippen LogP contribution in [0.3, 0.4) is 0 Å². The molecule has 3 heterocycles. The van der Waals surface area contributed by atoms with Crippen LogP contribution in [0.1, 0.15) is 11.3 Å². The van der Waals surface area contributed by atoms with E-state index in [0.717, 1.165) is 77.6 Å². The maximum atomic E-state index is 6.34. The lowest BCUT2D eigenvalue weighted by atomic mass is 10.0. The van der Waals surface area contributed by atoms with Crippen molar-refractivity contribution >= 4 is 47.0 Å². The van der Waals surface area contributed by atoms with Crippen molar-refractivity contribution in [3.8, 4) is 39.3 Å². The zero-order valence-electron chi connectivity index (χ0n) is 24.2. The summed E-state index contributed by atoms with van der Waals surface area (Å²) >= 11 is 0. The normalized spacial score (nSPS) is 11.7. The van der Waals surface area contributed by atoms with Crippen molar-refractivity contribution in [3.05, 3.63) is 151 Å². The molecule has 210 valence electrons. The van der Waals surface area contributed by atoms with Crippen molar-refractivity contribution in [2.45, 2.75) is 0 Å². The topological polar surface area (TPSA) is 43.9 Å². The highest BCUT2D eigenvalue weighted by molar-refractivity contribution is 6.04. The van der Waals surface area contributed by atoms with Gasteiger partial charge in [-0.2, -0.15) is 0 Å². The van der Waals surface area contributed by atoms with E-state index in [1.165, 1.54) is 0 Å². The van der Waals surface area contributed by atoms with Crippen molar-refractivity contribution in [2.75, 3.05) is 0 Å². The second-order valence-corrected chi connectivity index (χ2v) is 10.5. The Morgan fingerprint density at radius 1 is 0.659 bits per heavy atom. The highest BCUT2D eigenvalue weighted by Gasteiger charge is 2.18. The van der Waals surface area contributed by atoms with Gasteiger partial charge in [0.1, 0.15) is 16.8 Å². The molecule has 0 spiro atoms. The fourth-order valence-electron chi connectivity index (χ4n) is 5.82. The predicted octanol–water partition coefficient (Wildman–Crippen LogP) is 8.83. The van der Waals surface area contributed by atoms with Gasteiger partial charge < -0.3 is 8.98 Å². The fraction of sp³-hybridized carbons (Fsp3) is 0. The Balaban J connectivity index is 1.33. The summed E-state index contributed by atoms with van der Waals surface area (Å²) in [6.45, 7) is 16.2. The molecule has 0 saturated heterocycles. The van der Waals surface area contributed by atoms with E-state index in [0.29, 0.717) is 5.71 Å². The molecule has 4 heteroatoms. The Labute approximate surface area is 255 Å². The number of fused-ring (bicyclic) bond motifs is 3. The first-order valence-electron chi connectivity index (χ1n) is 14.4. The van der Waals surface area contributed by atoms with Crippen molar-refractivity contribution in [1.29, 1.82) is 0 Å². The van der Waals surface area contributed by atoms with Gasteiger partial charge in [0.05, 0.1) is 16.7 Å². The first-order valence-corrected chi connectivity index (χ1v) is 14.4. The molecular formula is C40H29N3O. The van der Waals surface area contributed by atoms with Crippen LogP contribution >= 0.6 is 0 Å². The van der Waals surface area contributed by atoms with E-state index in [2.05, 4.69) is 85.5 Å². The summed E-state index contributed by atoms with van der Waals surface area (Å²) in [4.78, 5) is 10.1. The van der Waals surface area contributed by atoms with Gasteiger partial charge >= 0.3 is 0 Å². The lowest BCUT2D eigenvalue weighted by Crippen LogP contribution is -2.27. The zero-order chi connectivity index (χ0) is 30.2. The molecule has 0 aliphatic rings. The highest BCUT2D eigenvalue weighted by atomic mass is 16.3. The van der Waals surface area contributed by atoms with Crippen molar-refractivity contribution < 1.29 is 4.42 Å². The van der Waals surface area contributed by atoms with Crippen LogP contribution in [0.25, 0.3) is 86.3 Å². The van der Waals surface area contributed by atoms with E-state index in [1.54, 1.807) is 6.08 Å². The molecule has 4 aromatic carbocycles. The molecule has 7 rings (SSSR count). The predicted molar refractivity (Wildman–Crippen MR) is 185 cm³/mol. The summed E-state index contributed by atoms with van der Waals surface area (Å²) in [6.07, 6.45) is 7.39. The summed E-state index contributed by atoms with van der Waals surface area (Å²) in [6, 6.07) is 34.9. The largest absolute Gasteiger partial charge is 0.436 e. The maximum absolute atomic E-state index is 6.34. The average Bonchev–Trinajstić information content (AvgIpc) is 3.57. The summed E-state index contributed by atoms with van der Waals surface area (Å²) < 4.78 is 8.47. The molecule has 0 N–H and O–H groups in total. The lowest BCUT2D eigenvalue weighted by Gasteiger charge is -2.10. The minimum Gasteiger partial charge on any atom is -0.436 e. The maximum Gasteiger partial charge on any atom is 0.246 e. The number of aromatic nitrogens is 3. The molecule has 0 atom stereocenters. The van der Waals surface area contributed by atoms with E-state index < -0.39 is 0 Å². The number of hydrogen-bond donors (Lipinski definition) is 0. The van der Waals surface area contributed by atoms with Gasteiger partial charge in [0.2, 0.25) is 5.71 Å². The van der Waals surface area contributed by atoms with Crippen molar-refractivity contribution in [3.63, 3.8) is 0 Å². The van der Waals surface area contributed by atoms with Gasteiger partial charge in [-0.25, -0.2) is 9.97 Å². The number of nitrogens with zero attached hydrogens (tertiary/aromatic N) is 3. The molecule has 44 heavy (non-hydrogen) atoms. The third kappa shape index (κ3) is 4.41. The number of allylic oxidation sites excluding steroid dienone is 1. The Morgan fingerprint density at radius 2 is 1.30 bits per heavy atom. The van der Waals surface area contributed by atoms with Crippen LogP contribution in [0.15, 0.2) is 133 Å². The van der Waals surface area contributed by atoms with Crippen LogP contribution in [0.4, 0.5) is 0 Å². The van der Waals surface area contributed by atoms with E-state index >= 15 is 0 Å². The molecule has 0 unspecified atom stereocenters. The molecule has 0 bridgehead atoms. The van der Waals surface area contributed by atoms with Gasteiger partial charge in [0.25, 0.3) is 0 Å². The standard InChI is InChI=1S/C40H29N3O/c1-5-14-35-26(4)32(6-2)34(7-3)43(35)31-22-19-27(20-23-31)30-21-24-33-36(25-30)44-40-39(33)41-37(28-15-10-8-11-16-28)38(42-40)29-17-12-9-13-18-29/h5-25H,1-4H2/b35-14+. The van der Waals surface area contributed by atoms with Crippen LogP contribution in [0, 0.1) is 0 Å². The highest BCUT2D eigenvalue weighted by Crippen LogP contribution is 2.36. The Morgan fingerprint density at radius 3 is 1.91 bits per heavy atom. The van der Waals surface area contributed by atoms with Crippen molar-refractivity contribution in [1.82, 2.24) is 14.5 Å². The Bertz CT molecular complexity index is 2320. The molecular weight excluding hydrogens is 538 g/mol. The van der Waals surface area contributed by atoms with Crippen LogP contribution < -0.4 is 10.6 Å². The number of rotatable bonds is 7. The molecule has 0 amide bonds. The smallest absolute Gasteiger partial charge is 0.246 e. The summed E-state index contributed by atoms with van der Waals surface area (Å²) in [5, 5.41) is 2.77. The van der Waals surface area contributed by atoms with Gasteiger partial charge in [0, 0.05) is 33.0 Å². The molecule has 0 saturated carbocycles. The average molecular weight is 568 g/mol. The first-order chi connectivity index (χ1) is 21.6. The second kappa shape index (κ2) is 11.0. The van der Waals surface area contributed by atoms with Crippen molar-refractivity contribution in [2.24, 2.45) is 0 Å². The van der Waals surface area contributed by atoms with E-state index in [-0.39, 0.29) is 0 Å². The fourth-order valence-corrected chi connectivity index (χ4v) is 5.82. The third-order valence-corrected chi connectivity index (χ3v) is 7.93.